The maximum absolute atomic E-state index is 5.94. The van der Waals surface area contributed by atoms with Gasteiger partial charge in [-0.25, -0.2) is 4.98 Å². The molecular formula is C15H27N3O. The molecule has 108 valence electrons. The van der Waals surface area contributed by atoms with Crippen LogP contribution in [0.3, 0.4) is 0 Å². The van der Waals surface area contributed by atoms with Crippen molar-refractivity contribution in [2.75, 3.05) is 14.2 Å². The van der Waals surface area contributed by atoms with E-state index >= 15 is 0 Å². The molecular weight excluding hydrogens is 238 g/mol. The molecule has 4 nitrogen and oxygen atoms in total. The largest absolute Gasteiger partial charge is 0.377 e. The molecule has 1 fully saturated rings. The maximum atomic E-state index is 5.94. The summed E-state index contributed by atoms with van der Waals surface area (Å²) in [6.07, 6.45) is 12.2. The number of aromatic nitrogens is 2. The number of hydrogen-bond donors (Lipinski definition) is 1. The summed E-state index contributed by atoms with van der Waals surface area (Å²) < 4.78 is 8.05. The Hall–Kier alpha value is -0.870. The first-order chi connectivity index (χ1) is 9.22. The predicted molar refractivity (Wildman–Crippen MR) is 77.2 cm³/mol. The third-order valence-electron chi connectivity index (χ3n) is 4.67. The van der Waals surface area contributed by atoms with E-state index in [1.165, 1.54) is 32.1 Å². The average molecular weight is 265 g/mol. The molecule has 0 amide bonds. The van der Waals surface area contributed by atoms with Gasteiger partial charge < -0.3 is 14.6 Å². The van der Waals surface area contributed by atoms with Gasteiger partial charge in [0.15, 0.2) is 0 Å². The number of nitrogens with one attached hydrogen (secondary N) is 1. The fourth-order valence-electron chi connectivity index (χ4n) is 3.43. The molecule has 19 heavy (non-hydrogen) atoms. The van der Waals surface area contributed by atoms with Crippen LogP contribution in [0.15, 0.2) is 12.4 Å². The van der Waals surface area contributed by atoms with E-state index in [4.69, 9.17) is 4.74 Å². The van der Waals surface area contributed by atoms with Crippen LogP contribution in [0.5, 0.6) is 0 Å². The SMILES string of the molecule is CNC(CCc1nccn1C)C1(OC)CCCCC1. The second kappa shape index (κ2) is 6.53. The first-order valence-electron chi connectivity index (χ1n) is 7.40. The van der Waals surface area contributed by atoms with Crippen molar-refractivity contribution >= 4 is 0 Å². The second-order valence-electron chi connectivity index (χ2n) is 5.66. The van der Waals surface area contributed by atoms with Gasteiger partial charge in [0.2, 0.25) is 0 Å². The third kappa shape index (κ3) is 3.18. The highest BCUT2D eigenvalue weighted by molar-refractivity contribution is 4.98. The average Bonchev–Trinajstić information content (AvgIpc) is 2.86. The Kier molecular flexibility index (Phi) is 4.99. The van der Waals surface area contributed by atoms with Crippen molar-refractivity contribution in [2.24, 2.45) is 7.05 Å². The Morgan fingerprint density at radius 1 is 1.42 bits per heavy atom. The Labute approximate surface area is 116 Å². The topological polar surface area (TPSA) is 39.1 Å². The number of nitrogens with zero attached hydrogens (tertiary/aromatic N) is 2. The van der Waals surface area contributed by atoms with Crippen molar-refractivity contribution in [3.8, 4) is 0 Å². The van der Waals surface area contributed by atoms with E-state index in [2.05, 4.69) is 29.0 Å². The summed E-state index contributed by atoms with van der Waals surface area (Å²) in [6.45, 7) is 0. The summed E-state index contributed by atoms with van der Waals surface area (Å²) in [6, 6.07) is 0.412. The summed E-state index contributed by atoms with van der Waals surface area (Å²) in [5.74, 6) is 1.15. The van der Waals surface area contributed by atoms with Crippen LogP contribution in [0.4, 0.5) is 0 Å². The maximum Gasteiger partial charge on any atom is 0.108 e. The minimum atomic E-state index is 0.0260. The van der Waals surface area contributed by atoms with Crippen LogP contribution in [0.2, 0.25) is 0 Å². The van der Waals surface area contributed by atoms with Crippen LogP contribution in [-0.2, 0) is 18.2 Å². The summed E-state index contributed by atoms with van der Waals surface area (Å²) in [4.78, 5) is 4.41. The van der Waals surface area contributed by atoms with Crippen molar-refractivity contribution in [3.05, 3.63) is 18.2 Å². The molecule has 0 radical (unpaired) electrons. The van der Waals surface area contributed by atoms with Crippen LogP contribution in [-0.4, -0.2) is 35.4 Å². The summed E-state index contributed by atoms with van der Waals surface area (Å²) in [5, 5.41) is 3.48. The molecule has 2 rings (SSSR count). The van der Waals surface area contributed by atoms with Gasteiger partial charge in [-0.15, -0.1) is 0 Å². The van der Waals surface area contributed by atoms with Gasteiger partial charge in [0, 0.05) is 39.0 Å². The van der Waals surface area contributed by atoms with Crippen molar-refractivity contribution < 1.29 is 4.74 Å². The van der Waals surface area contributed by atoms with E-state index in [0.29, 0.717) is 6.04 Å². The molecule has 1 saturated carbocycles. The molecule has 1 atom stereocenters. The molecule has 1 aliphatic carbocycles. The third-order valence-corrected chi connectivity index (χ3v) is 4.67. The van der Waals surface area contributed by atoms with Crippen LogP contribution in [0.1, 0.15) is 44.3 Å². The molecule has 1 unspecified atom stereocenters. The Bertz CT molecular complexity index is 382. The van der Waals surface area contributed by atoms with Gasteiger partial charge >= 0.3 is 0 Å². The molecule has 0 aromatic carbocycles. The molecule has 0 bridgehead atoms. The van der Waals surface area contributed by atoms with Crippen LogP contribution >= 0.6 is 0 Å². The van der Waals surface area contributed by atoms with Crippen molar-refractivity contribution in [1.82, 2.24) is 14.9 Å². The Morgan fingerprint density at radius 2 is 2.16 bits per heavy atom. The molecule has 1 aromatic rings. The van der Waals surface area contributed by atoms with E-state index < -0.39 is 0 Å². The number of rotatable bonds is 6. The van der Waals surface area contributed by atoms with E-state index in [9.17, 15) is 0 Å². The highest BCUT2D eigenvalue weighted by Crippen LogP contribution is 2.35. The first-order valence-corrected chi connectivity index (χ1v) is 7.40. The van der Waals surface area contributed by atoms with Gasteiger partial charge in [0.25, 0.3) is 0 Å². The van der Waals surface area contributed by atoms with Crippen LogP contribution < -0.4 is 5.32 Å². The lowest BCUT2D eigenvalue weighted by molar-refractivity contribution is -0.0676. The lowest BCUT2D eigenvalue weighted by Crippen LogP contribution is -2.52. The first kappa shape index (κ1) is 14.5. The summed E-state index contributed by atoms with van der Waals surface area (Å²) in [7, 11) is 5.98. The van der Waals surface area contributed by atoms with E-state index in [1.54, 1.807) is 0 Å². The zero-order chi connectivity index (χ0) is 13.7. The zero-order valence-electron chi connectivity index (χ0n) is 12.5. The smallest absolute Gasteiger partial charge is 0.108 e. The molecule has 1 aliphatic rings. The van der Waals surface area contributed by atoms with Gasteiger partial charge in [-0.2, -0.15) is 0 Å². The molecule has 1 aromatic heterocycles. The molecule has 0 spiro atoms. The van der Waals surface area contributed by atoms with Gasteiger partial charge in [-0.3, -0.25) is 0 Å². The molecule has 0 saturated heterocycles. The standard InChI is InChI=1S/C15H27N3O/c1-16-13(7-8-14-17-11-12-18(14)2)15(19-3)9-5-4-6-10-15/h11-13,16H,4-10H2,1-3H3. The number of aryl methyl sites for hydroxylation is 2. The van der Waals surface area contributed by atoms with Crippen LogP contribution in [0, 0.1) is 0 Å². The lowest BCUT2D eigenvalue weighted by Gasteiger charge is -2.42. The normalized spacial score (nSPS) is 20.4. The van der Waals surface area contributed by atoms with Gasteiger partial charge in [-0.05, 0) is 26.3 Å². The number of ether oxygens (including phenoxy) is 1. The fraction of sp³-hybridized carbons (Fsp3) is 0.800. The molecule has 1 N–H and O–H groups in total. The molecule has 4 heteroatoms. The number of hydrogen-bond acceptors (Lipinski definition) is 3. The Morgan fingerprint density at radius 3 is 2.68 bits per heavy atom. The summed E-state index contributed by atoms with van der Waals surface area (Å²) >= 11 is 0. The molecule has 1 heterocycles. The highest BCUT2D eigenvalue weighted by atomic mass is 16.5. The Balaban J connectivity index is 2.00. The van der Waals surface area contributed by atoms with Crippen LogP contribution in [0.25, 0.3) is 0 Å². The quantitative estimate of drug-likeness (QED) is 0.858. The molecule has 0 aliphatic heterocycles. The van der Waals surface area contributed by atoms with E-state index in [0.717, 1.165) is 18.7 Å². The van der Waals surface area contributed by atoms with E-state index in [-0.39, 0.29) is 5.60 Å². The van der Waals surface area contributed by atoms with Gasteiger partial charge in [0.05, 0.1) is 5.60 Å². The van der Waals surface area contributed by atoms with Crippen molar-refractivity contribution in [1.29, 1.82) is 0 Å². The lowest BCUT2D eigenvalue weighted by atomic mass is 9.77. The number of methoxy groups -OCH3 is 1. The summed E-state index contributed by atoms with van der Waals surface area (Å²) in [5.41, 5.74) is 0.0260. The zero-order valence-corrected chi connectivity index (χ0v) is 12.5. The fourth-order valence-corrected chi connectivity index (χ4v) is 3.43. The van der Waals surface area contributed by atoms with Crippen molar-refractivity contribution in [3.63, 3.8) is 0 Å². The minimum Gasteiger partial charge on any atom is -0.377 e. The highest BCUT2D eigenvalue weighted by Gasteiger charge is 2.38. The monoisotopic (exact) mass is 265 g/mol. The number of likely N-dealkylation sites (N-methyl/N-ethyl adjacent to an activating group) is 1. The van der Waals surface area contributed by atoms with Gasteiger partial charge in [-0.1, -0.05) is 19.3 Å². The number of imidazole rings is 1. The van der Waals surface area contributed by atoms with Gasteiger partial charge in [0.1, 0.15) is 5.82 Å². The predicted octanol–water partition coefficient (Wildman–Crippen LogP) is 2.29. The van der Waals surface area contributed by atoms with E-state index in [1.807, 2.05) is 19.5 Å². The van der Waals surface area contributed by atoms with Crippen molar-refractivity contribution in [2.45, 2.75) is 56.6 Å². The second-order valence-corrected chi connectivity index (χ2v) is 5.66. The minimum absolute atomic E-state index is 0.0260.